The molecule has 7 nitrogen and oxygen atoms in total. The van der Waals surface area contributed by atoms with Gasteiger partial charge in [-0.15, -0.1) is 0 Å². The first kappa shape index (κ1) is 17.0. The number of rotatable bonds is 5. The number of aryl methyl sites for hydroxylation is 1. The topological polar surface area (TPSA) is 93.5 Å². The molecule has 1 amide bonds. The van der Waals surface area contributed by atoms with Crippen molar-refractivity contribution in [2.75, 3.05) is 0 Å². The van der Waals surface area contributed by atoms with Crippen molar-refractivity contribution in [1.29, 1.82) is 0 Å². The van der Waals surface area contributed by atoms with Gasteiger partial charge in [-0.2, -0.15) is 0 Å². The van der Waals surface area contributed by atoms with Crippen LogP contribution in [0.15, 0.2) is 12.4 Å². The van der Waals surface area contributed by atoms with E-state index >= 15 is 0 Å². The minimum absolute atomic E-state index is 0.479. The molecule has 0 radical (unpaired) electrons. The second-order valence-electron chi connectivity index (χ2n) is 5.81. The molecule has 21 heavy (non-hydrogen) atoms. The average Bonchev–Trinajstić information content (AvgIpc) is 2.80. The number of alkyl carbamates (subject to hydrolysis) is 1. The highest BCUT2D eigenvalue weighted by molar-refractivity contribution is 5.80. The van der Waals surface area contributed by atoms with Crippen molar-refractivity contribution in [3.63, 3.8) is 0 Å². The van der Waals surface area contributed by atoms with Crippen LogP contribution in [0.4, 0.5) is 4.79 Å². The summed E-state index contributed by atoms with van der Waals surface area (Å²) in [6, 6.07) is -1.58. The first-order valence-corrected chi connectivity index (χ1v) is 6.89. The van der Waals surface area contributed by atoms with E-state index in [1.165, 1.54) is 0 Å². The molecule has 2 unspecified atom stereocenters. The fraction of sp³-hybridized carbons (Fsp3) is 0.643. The minimum atomic E-state index is -1.12. The summed E-state index contributed by atoms with van der Waals surface area (Å²) in [5, 5.41) is 11.8. The lowest BCUT2D eigenvalue weighted by Crippen LogP contribution is -2.47. The van der Waals surface area contributed by atoms with Crippen molar-refractivity contribution in [2.24, 2.45) is 0 Å². The lowest BCUT2D eigenvalue weighted by atomic mass is 10.1. The Labute approximate surface area is 124 Å². The molecule has 2 N–H and O–H groups in total. The number of imidazole rings is 1. The van der Waals surface area contributed by atoms with Gasteiger partial charge in [0, 0.05) is 18.8 Å². The smallest absolute Gasteiger partial charge is 0.408 e. The number of carbonyl (C=O) groups is 2. The lowest BCUT2D eigenvalue weighted by Gasteiger charge is -2.26. The lowest BCUT2D eigenvalue weighted by molar-refractivity contribution is -0.140. The van der Waals surface area contributed by atoms with E-state index in [2.05, 4.69) is 10.3 Å². The molecule has 118 valence electrons. The number of hydrogen-bond acceptors (Lipinski definition) is 4. The van der Waals surface area contributed by atoms with E-state index in [-0.39, 0.29) is 0 Å². The van der Waals surface area contributed by atoms with Gasteiger partial charge in [0.05, 0.1) is 6.04 Å². The van der Waals surface area contributed by atoms with Crippen LogP contribution < -0.4 is 5.32 Å². The molecule has 0 bridgehead atoms. The number of nitrogens with one attached hydrogen (secondary N) is 1. The molecule has 0 aliphatic heterocycles. The van der Waals surface area contributed by atoms with Crippen molar-refractivity contribution >= 4 is 12.1 Å². The zero-order chi connectivity index (χ0) is 16.2. The molecule has 7 heteroatoms. The molecule has 1 aromatic heterocycles. The van der Waals surface area contributed by atoms with E-state index in [1.807, 2.05) is 6.92 Å². The first-order chi connectivity index (χ1) is 9.65. The van der Waals surface area contributed by atoms with Gasteiger partial charge in [0.1, 0.15) is 17.5 Å². The molecule has 0 aliphatic carbocycles. The molecule has 1 heterocycles. The number of aromatic nitrogens is 2. The number of aliphatic carboxylic acids is 1. The highest BCUT2D eigenvalue weighted by atomic mass is 16.6. The van der Waals surface area contributed by atoms with Crippen LogP contribution in [0, 0.1) is 0 Å². The summed E-state index contributed by atoms with van der Waals surface area (Å²) in [6.07, 6.45) is 3.24. The molecular weight excluding hydrogens is 274 g/mol. The van der Waals surface area contributed by atoms with Gasteiger partial charge in [0.15, 0.2) is 0 Å². The standard InChI is InChI=1S/C14H23N3O4/c1-6-10-15-7-8-17(10)9(2)11(12(18)19)16-13(20)21-14(3,4)5/h7-9,11H,6H2,1-5H3,(H,16,20)(H,18,19). The van der Waals surface area contributed by atoms with Gasteiger partial charge in [-0.25, -0.2) is 14.6 Å². The predicted octanol–water partition coefficient (Wildman–Crippen LogP) is 1.98. The summed E-state index contributed by atoms with van der Waals surface area (Å²) in [5.74, 6) is -0.358. The Balaban J connectivity index is 2.87. The summed E-state index contributed by atoms with van der Waals surface area (Å²) < 4.78 is 6.85. The van der Waals surface area contributed by atoms with Gasteiger partial charge >= 0.3 is 12.1 Å². The van der Waals surface area contributed by atoms with Crippen molar-refractivity contribution in [1.82, 2.24) is 14.9 Å². The third kappa shape index (κ3) is 4.77. The van der Waals surface area contributed by atoms with Crippen LogP contribution in [0.25, 0.3) is 0 Å². The summed E-state index contributed by atoms with van der Waals surface area (Å²) in [5.41, 5.74) is -0.681. The highest BCUT2D eigenvalue weighted by Gasteiger charge is 2.30. The fourth-order valence-corrected chi connectivity index (χ4v) is 1.97. The number of amides is 1. The van der Waals surface area contributed by atoms with Crippen LogP contribution >= 0.6 is 0 Å². The quantitative estimate of drug-likeness (QED) is 0.866. The molecule has 0 aliphatic rings. The molecule has 0 aromatic carbocycles. The summed E-state index contributed by atoms with van der Waals surface area (Å²) in [6.45, 7) is 8.81. The van der Waals surface area contributed by atoms with E-state index in [9.17, 15) is 14.7 Å². The Hall–Kier alpha value is -2.05. The van der Waals surface area contributed by atoms with Gasteiger partial charge in [0.25, 0.3) is 0 Å². The van der Waals surface area contributed by atoms with E-state index in [0.717, 1.165) is 5.82 Å². The largest absolute Gasteiger partial charge is 0.480 e. The van der Waals surface area contributed by atoms with Crippen LogP contribution in [0.3, 0.4) is 0 Å². The molecule has 0 spiro atoms. The van der Waals surface area contributed by atoms with Crippen molar-refractivity contribution in [3.05, 3.63) is 18.2 Å². The average molecular weight is 297 g/mol. The van der Waals surface area contributed by atoms with Crippen molar-refractivity contribution in [2.45, 2.75) is 58.7 Å². The van der Waals surface area contributed by atoms with E-state index < -0.39 is 29.7 Å². The second kappa shape index (κ2) is 6.60. The Bertz CT molecular complexity index is 505. The number of nitrogens with zero attached hydrogens (tertiary/aromatic N) is 2. The minimum Gasteiger partial charge on any atom is -0.480 e. The maximum Gasteiger partial charge on any atom is 0.408 e. The molecule has 1 rings (SSSR count). The number of carboxylic acids is 1. The number of carbonyl (C=O) groups excluding carboxylic acids is 1. The second-order valence-corrected chi connectivity index (χ2v) is 5.81. The van der Waals surface area contributed by atoms with Crippen LogP contribution in [0.1, 0.15) is 46.5 Å². The Kier molecular flexibility index (Phi) is 5.34. The van der Waals surface area contributed by atoms with E-state index in [1.54, 1.807) is 44.7 Å². The number of ether oxygens (including phenoxy) is 1. The molecule has 0 fully saturated rings. The molecule has 0 saturated heterocycles. The van der Waals surface area contributed by atoms with Gasteiger partial charge < -0.3 is 19.7 Å². The Morgan fingerprint density at radius 1 is 1.48 bits per heavy atom. The first-order valence-electron chi connectivity index (χ1n) is 6.89. The van der Waals surface area contributed by atoms with Crippen molar-refractivity contribution in [3.8, 4) is 0 Å². The normalized spacial score (nSPS) is 14.3. The highest BCUT2D eigenvalue weighted by Crippen LogP contribution is 2.16. The van der Waals surface area contributed by atoms with Gasteiger partial charge in [-0.05, 0) is 27.7 Å². The van der Waals surface area contributed by atoms with E-state index in [4.69, 9.17) is 4.74 Å². The maximum absolute atomic E-state index is 11.8. The Morgan fingerprint density at radius 3 is 2.57 bits per heavy atom. The summed E-state index contributed by atoms with van der Waals surface area (Å²) in [4.78, 5) is 27.4. The van der Waals surface area contributed by atoms with Gasteiger partial charge in [-0.1, -0.05) is 6.92 Å². The molecule has 0 saturated carbocycles. The van der Waals surface area contributed by atoms with Crippen LogP contribution in [0.2, 0.25) is 0 Å². The van der Waals surface area contributed by atoms with E-state index in [0.29, 0.717) is 6.42 Å². The monoisotopic (exact) mass is 297 g/mol. The SMILES string of the molecule is CCc1nccn1C(C)C(NC(=O)OC(C)(C)C)C(=O)O. The number of hydrogen-bond donors (Lipinski definition) is 2. The van der Waals surface area contributed by atoms with Crippen LogP contribution in [-0.4, -0.2) is 38.4 Å². The number of carboxylic acid groups (broad SMARTS) is 1. The Morgan fingerprint density at radius 2 is 2.10 bits per heavy atom. The third-order valence-corrected chi connectivity index (χ3v) is 2.92. The summed E-state index contributed by atoms with van der Waals surface area (Å²) in [7, 11) is 0. The molecule has 1 aromatic rings. The predicted molar refractivity (Wildman–Crippen MR) is 77.1 cm³/mol. The fourth-order valence-electron chi connectivity index (χ4n) is 1.97. The maximum atomic E-state index is 11.8. The van der Waals surface area contributed by atoms with Gasteiger partial charge in [-0.3, -0.25) is 0 Å². The zero-order valence-electron chi connectivity index (χ0n) is 13.1. The zero-order valence-corrected chi connectivity index (χ0v) is 13.1. The van der Waals surface area contributed by atoms with Crippen molar-refractivity contribution < 1.29 is 19.4 Å². The molecule has 2 atom stereocenters. The molecular formula is C14H23N3O4. The van der Waals surface area contributed by atoms with Crippen LogP contribution in [-0.2, 0) is 16.0 Å². The van der Waals surface area contributed by atoms with Crippen LogP contribution in [0.5, 0.6) is 0 Å². The summed E-state index contributed by atoms with van der Waals surface area (Å²) >= 11 is 0. The van der Waals surface area contributed by atoms with Gasteiger partial charge in [0.2, 0.25) is 0 Å². The third-order valence-electron chi connectivity index (χ3n) is 2.92.